The van der Waals surface area contributed by atoms with Gasteiger partial charge in [-0.2, -0.15) is 0 Å². The van der Waals surface area contributed by atoms with Crippen molar-refractivity contribution in [3.05, 3.63) is 47.6 Å². The van der Waals surface area contributed by atoms with Gasteiger partial charge in [-0.3, -0.25) is 0 Å². The van der Waals surface area contributed by atoms with Crippen molar-refractivity contribution in [1.29, 1.82) is 0 Å². The number of unbranched alkanes of at least 4 members (excludes halogenated alkanes) is 1. The molecule has 0 aliphatic heterocycles. The molecule has 4 nitrogen and oxygen atoms in total. The summed E-state index contributed by atoms with van der Waals surface area (Å²) in [5.74, 6) is 3.41. The van der Waals surface area contributed by atoms with Crippen LogP contribution in [0, 0.1) is 35.0 Å². The fourth-order valence-electron chi connectivity index (χ4n) is 6.98. The maximum absolute atomic E-state index is 12.2. The first kappa shape index (κ1) is 32.7. The number of alkyl carbamates (subject to hydrolysis) is 1. The highest BCUT2D eigenvalue weighted by molar-refractivity contribution is 5.85. The van der Waals surface area contributed by atoms with Crippen LogP contribution < -0.4 is 11.1 Å². The van der Waals surface area contributed by atoms with Crippen LogP contribution in [0.4, 0.5) is 4.79 Å². The molecule has 0 saturated heterocycles. The predicted molar refractivity (Wildman–Crippen MR) is 163 cm³/mol. The van der Waals surface area contributed by atoms with E-state index in [0.717, 1.165) is 38.0 Å². The highest BCUT2D eigenvalue weighted by atomic mass is 35.5. The Morgan fingerprint density at radius 2 is 1.89 bits per heavy atom. The minimum atomic E-state index is -0.307. The molecule has 0 radical (unpaired) electrons. The monoisotopic (exact) mass is 546 g/mol. The van der Waals surface area contributed by atoms with E-state index in [2.05, 4.69) is 70.8 Å². The number of fused-ring (bicyclic) bond motifs is 1. The van der Waals surface area contributed by atoms with E-state index >= 15 is 0 Å². The fraction of sp³-hybridized carbons (Fsp3) is 0.727. The molecule has 0 unspecified atom stereocenters. The smallest absolute Gasteiger partial charge is 0.407 e. The number of carbonyl (C=O) groups excluding carboxylic acids is 1. The first-order chi connectivity index (χ1) is 17.7. The van der Waals surface area contributed by atoms with Gasteiger partial charge in [-0.25, -0.2) is 4.79 Å². The third-order valence-corrected chi connectivity index (χ3v) is 9.78. The van der Waals surface area contributed by atoms with Gasteiger partial charge in [0.05, 0.1) is 0 Å². The minimum absolute atomic E-state index is 0. The average Bonchev–Trinajstić information content (AvgIpc) is 3.22. The number of hydrogen-bond acceptors (Lipinski definition) is 3. The Morgan fingerprint density at radius 3 is 2.61 bits per heavy atom. The van der Waals surface area contributed by atoms with Gasteiger partial charge < -0.3 is 15.8 Å². The van der Waals surface area contributed by atoms with Crippen molar-refractivity contribution < 1.29 is 9.53 Å². The van der Waals surface area contributed by atoms with Gasteiger partial charge in [0.15, 0.2) is 0 Å². The number of rotatable bonds is 10. The molecule has 0 aromatic carbocycles. The second kappa shape index (κ2) is 15.3. The zero-order chi connectivity index (χ0) is 27.0. The van der Waals surface area contributed by atoms with Crippen LogP contribution in [0.3, 0.4) is 0 Å². The molecule has 5 heteroatoms. The van der Waals surface area contributed by atoms with E-state index in [1.165, 1.54) is 43.3 Å². The van der Waals surface area contributed by atoms with Crippen molar-refractivity contribution in [2.24, 2.45) is 40.7 Å². The molecule has 0 aromatic rings. The molecule has 38 heavy (non-hydrogen) atoms. The lowest BCUT2D eigenvalue weighted by Gasteiger charge is -2.44. The third kappa shape index (κ3) is 8.49. The molecular weight excluding hydrogens is 492 g/mol. The number of allylic oxidation sites excluding steroid dienone is 6. The van der Waals surface area contributed by atoms with Gasteiger partial charge in [0, 0.05) is 13.0 Å². The first-order valence-electron chi connectivity index (χ1n) is 15.1. The van der Waals surface area contributed by atoms with Gasteiger partial charge in [-0.1, -0.05) is 76.6 Å². The van der Waals surface area contributed by atoms with Crippen molar-refractivity contribution in [2.45, 2.75) is 105 Å². The van der Waals surface area contributed by atoms with Crippen molar-refractivity contribution in [1.82, 2.24) is 5.32 Å². The summed E-state index contributed by atoms with van der Waals surface area (Å²) < 4.78 is 5.73. The summed E-state index contributed by atoms with van der Waals surface area (Å²) in [6.07, 6.45) is 20.1. The summed E-state index contributed by atoms with van der Waals surface area (Å²) in [5.41, 5.74) is 9.99. The molecule has 1 amide bonds. The van der Waals surface area contributed by atoms with Crippen LogP contribution in [-0.2, 0) is 4.74 Å². The van der Waals surface area contributed by atoms with Gasteiger partial charge in [-0.05, 0) is 105 Å². The number of ether oxygens (including phenoxy) is 1. The molecule has 0 bridgehead atoms. The Hall–Kier alpha value is -1.52. The van der Waals surface area contributed by atoms with Crippen LogP contribution in [0.1, 0.15) is 98.8 Å². The van der Waals surface area contributed by atoms with E-state index in [4.69, 9.17) is 10.5 Å². The first-order valence-corrected chi connectivity index (χ1v) is 15.1. The molecule has 6 atom stereocenters. The molecule has 3 aliphatic rings. The van der Waals surface area contributed by atoms with E-state index in [1.807, 2.05) is 0 Å². The molecule has 3 fully saturated rings. The summed E-state index contributed by atoms with van der Waals surface area (Å²) in [4.78, 5) is 12.2. The largest absolute Gasteiger partial charge is 0.446 e. The molecule has 0 heterocycles. The van der Waals surface area contributed by atoms with E-state index < -0.39 is 0 Å². The highest BCUT2D eigenvalue weighted by Gasteiger charge is 2.50. The van der Waals surface area contributed by atoms with E-state index in [1.54, 1.807) is 5.57 Å². The third-order valence-electron chi connectivity index (χ3n) is 9.78. The minimum Gasteiger partial charge on any atom is -0.446 e. The van der Waals surface area contributed by atoms with Gasteiger partial charge in [0.25, 0.3) is 0 Å². The summed E-state index contributed by atoms with van der Waals surface area (Å²) in [7, 11) is 0. The summed E-state index contributed by atoms with van der Waals surface area (Å²) >= 11 is 0. The second-order valence-corrected chi connectivity index (χ2v) is 12.7. The van der Waals surface area contributed by atoms with Crippen molar-refractivity contribution in [2.75, 3.05) is 13.1 Å². The normalized spacial score (nSPS) is 31.3. The SMILES string of the molecule is C=C1CC[C@H](OC(=O)NCCCCN)C/C1=C/C=C1\CCC[C@]2(C)[C@@H]([C@H](C)/C=C/[C@H](C)C(C)C)CC[C@@H]12.Cl. The Kier molecular flexibility index (Phi) is 13.2. The molecule has 3 rings (SSSR count). The van der Waals surface area contributed by atoms with Crippen LogP contribution in [-0.4, -0.2) is 25.3 Å². The molecular formula is C33H55ClN2O2. The topological polar surface area (TPSA) is 64.3 Å². The van der Waals surface area contributed by atoms with Crippen LogP contribution >= 0.6 is 12.4 Å². The summed E-state index contributed by atoms with van der Waals surface area (Å²) in [6.45, 7) is 17.6. The Balaban J connectivity index is 0.00000507. The molecule has 3 N–H and O–H groups in total. The Bertz CT molecular complexity index is 876. The number of nitrogens with one attached hydrogen (secondary N) is 1. The Labute approximate surface area is 239 Å². The lowest BCUT2D eigenvalue weighted by molar-refractivity contribution is 0.0893. The molecule has 0 aromatic heterocycles. The number of carbonyl (C=O) groups is 1. The zero-order valence-electron chi connectivity index (χ0n) is 24.8. The average molecular weight is 547 g/mol. The zero-order valence-corrected chi connectivity index (χ0v) is 25.6. The molecule has 3 saturated carbocycles. The van der Waals surface area contributed by atoms with Crippen molar-refractivity contribution >= 4 is 18.5 Å². The number of amides is 1. The second-order valence-electron chi connectivity index (χ2n) is 12.7. The Morgan fingerprint density at radius 1 is 1.13 bits per heavy atom. The van der Waals surface area contributed by atoms with Crippen LogP contribution in [0.25, 0.3) is 0 Å². The standard InChI is InChI=1S/C33H54N2O2.ClH/c1-23(2)24(3)11-12-26(5)30-17-18-31-27(10-9-19-33(30,31)6)14-15-28-22-29(16-13-25(28)4)37-32(36)35-21-8-7-20-34;/h11-12,14-15,23-24,26,29-31H,4,7-10,13,16-22,34H2,1-3,5-6H3,(H,35,36);1H/b12-11+,27-14+,28-15-;/t24-,26+,29-,30+,31-,33+;/m0./s1. The lowest BCUT2D eigenvalue weighted by atomic mass is 9.61. The lowest BCUT2D eigenvalue weighted by Crippen LogP contribution is -2.35. The van der Waals surface area contributed by atoms with Gasteiger partial charge in [0.1, 0.15) is 6.10 Å². The van der Waals surface area contributed by atoms with Crippen LogP contribution in [0.2, 0.25) is 0 Å². The van der Waals surface area contributed by atoms with E-state index in [9.17, 15) is 4.79 Å². The van der Waals surface area contributed by atoms with E-state index in [0.29, 0.717) is 42.2 Å². The predicted octanol–water partition coefficient (Wildman–Crippen LogP) is 8.54. The molecule has 216 valence electrons. The van der Waals surface area contributed by atoms with Crippen molar-refractivity contribution in [3.63, 3.8) is 0 Å². The van der Waals surface area contributed by atoms with Gasteiger partial charge in [-0.15, -0.1) is 12.4 Å². The molecule has 0 spiro atoms. The van der Waals surface area contributed by atoms with Crippen LogP contribution in [0.15, 0.2) is 47.6 Å². The quantitative estimate of drug-likeness (QED) is 0.213. The maximum atomic E-state index is 12.2. The number of nitrogens with two attached hydrogens (primary N) is 1. The van der Waals surface area contributed by atoms with Gasteiger partial charge in [0.2, 0.25) is 0 Å². The van der Waals surface area contributed by atoms with E-state index in [-0.39, 0.29) is 24.6 Å². The molecule has 3 aliphatic carbocycles. The highest BCUT2D eigenvalue weighted by Crippen LogP contribution is 2.59. The van der Waals surface area contributed by atoms with Crippen LogP contribution in [0.5, 0.6) is 0 Å². The fourth-order valence-corrected chi connectivity index (χ4v) is 6.98. The number of halogens is 1. The maximum Gasteiger partial charge on any atom is 0.407 e. The van der Waals surface area contributed by atoms with Gasteiger partial charge >= 0.3 is 6.09 Å². The summed E-state index contributed by atoms with van der Waals surface area (Å²) in [6, 6.07) is 0. The van der Waals surface area contributed by atoms with Crippen molar-refractivity contribution in [3.8, 4) is 0 Å². The summed E-state index contributed by atoms with van der Waals surface area (Å²) in [5, 5.41) is 2.86. The number of hydrogen-bond donors (Lipinski definition) is 2.